The summed E-state index contributed by atoms with van der Waals surface area (Å²) >= 11 is 1.79. The van der Waals surface area contributed by atoms with Gasteiger partial charge in [-0.05, 0) is 32.6 Å². The molecule has 1 fully saturated rings. The van der Waals surface area contributed by atoms with Gasteiger partial charge in [-0.25, -0.2) is 0 Å². The second kappa shape index (κ2) is 4.32. The van der Waals surface area contributed by atoms with Gasteiger partial charge < -0.3 is 5.32 Å². The van der Waals surface area contributed by atoms with E-state index in [1.807, 2.05) is 0 Å². The van der Waals surface area contributed by atoms with Crippen LogP contribution in [-0.2, 0) is 6.42 Å². The molecule has 0 amide bonds. The van der Waals surface area contributed by atoms with Crippen LogP contribution in [0, 0.1) is 5.41 Å². The van der Waals surface area contributed by atoms with Crippen molar-refractivity contribution in [1.82, 2.24) is 15.5 Å². The second-order valence-electron chi connectivity index (χ2n) is 6.71. The molecule has 0 aliphatic heterocycles. The first-order chi connectivity index (χ1) is 7.78. The van der Waals surface area contributed by atoms with E-state index in [0.29, 0.717) is 11.3 Å². The van der Waals surface area contributed by atoms with E-state index in [-0.39, 0.29) is 5.54 Å². The third kappa shape index (κ3) is 3.49. The molecule has 1 heterocycles. The molecule has 0 saturated heterocycles. The van der Waals surface area contributed by atoms with E-state index in [1.54, 1.807) is 11.3 Å². The van der Waals surface area contributed by atoms with Crippen molar-refractivity contribution < 1.29 is 0 Å². The Labute approximate surface area is 108 Å². The van der Waals surface area contributed by atoms with Crippen LogP contribution in [0.5, 0.6) is 0 Å². The van der Waals surface area contributed by atoms with Gasteiger partial charge >= 0.3 is 0 Å². The smallest absolute Gasteiger partial charge is 0.121 e. The van der Waals surface area contributed by atoms with Gasteiger partial charge in [0.1, 0.15) is 10.0 Å². The zero-order valence-corrected chi connectivity index (χ0v) is 12.3. The summed E-state index contributed by atoms with van der Waals surface area (Å²) in [6.45, 7) is 12.1. The van der Waals surface area contributed by atoms with Gasteiger partial charge in [-0.2, -0.15) is 0 Å². The SMILES string of the molecule is CC(C)(C)NCCc1nnc(C2CC2(C)C)s1. The molecule has 1 N–H and O–H groups in total. The molecule has 1 aromatic heterocycles. The number of aromatic nitrogens is 2. The van der Waals surface area contributed by atoms with Gasteiger partial charge in [-0.15, -0.1) is 21.5 Å². The van der Waals surface area contributed by atoms with Gasteiger partial charge in [-0.1, -0.05) is 13.8 Å². The van der Waals surface area contributed by atoms with Crippen LogP contribution >= 0.6 is 11.3 Å². The summed E-state index contributed by atoms with van der Waals surface area (Å²) in [5, 5.41) is 14.5. The first-order valence-electron chi connectivity index (χ1n) is 6.35. The van der Waals surface area contributed by atoms with Crippen molar-refractivity contribution in [3.63, 3.8) is 0 Å². The molecule has 1 aliphatic carbocycles. The summed E-state index contributed by atoms with van der Waals surface area (Å²) in [5.74, 6) is 0.657. The molecule has 3 nitrogen and oxygen atoms in total. The fraction of sp³-hybridized carbons (Fsp3) is 0.846. The molecular weight excluding hydrogens is 230 g/mol. The van der Waals surface area contributed by atoms with Crippen molar-refractivity contribution in [2.75, 3.05) is 6.54 Å². The van der Waals surface area contributed by atoms with Crippen LogP contribution in [0.25, 0.3) is 0 Å². The number of rotatable bonds is 4. The predicted octanol–water partition coefficient (Wildman–Crippen LogP) is 2.98. The molecule has 96 valence electrons. The van der Waals surface area contributed by atoms with Gasteiger partial charge in [0, 0.05) is 24.4 Å². The van der Waals surface area contributed by atoms with Crippen molar-refractivity contribution in [2.24, 2.45) is 5.41 Å². The Morgan fingerprint density at radius 1 is 1.35 bits per heavy atom. The fourth-order valence-electron chi connectivity index (χ4n) is 1.94. The average molecular weight is 253 g/mol. The molecular formula is C13H23N3S. The zero-order valence-electron chi connectivity index (χ0n) is 11.5. The van der Waals surface area contributed by atoms with Crippen molar-refractivity contribution in [3.05, 3.63) is 10.0 Å². The van der Waals surface area contributed by atoms with Gasteiger partial charge in [0.15, 0.2) is 0 Å². The number of hydrogen-bond acceptors (Lipinski definition) is 4. The third-order valence-electron chi connectivity index (χ3n) is 3.29. The topological polar surface area (TPSA) is 37.8 Å². The lowest BCUT2D eigenvalue weighted by molar-refractivity contribution is 0.429. The maximum atomic E-state index is 4.33. The first kappa shape index (κ1) is 13.0. The Bertz CT molecular complexity index is 390. The van der Waals surface area contributed by atoms with Crippen LogP contribution in [0.3, 0.4) is 0 Å². The standard InChI is InChI=1S/C13H23N3S/c1-12(2,3)14-7-6-10-15-16-11(17-10)9-8-13(9,4)5/h9,14H,6-8H2,1-5H3. The van der Waals surface area contributed by atoms with E-state index in [1.165, 1.54) is 16.4 Å². The monoisotopic (exact) mass is 253 g/mol. The fourth-order valence-corrected chi connectivity index (χ4v) is 3.10. The summed E-state index contributed by atoms with van der Waals surface area (Å²) in [5.41, 5.74) is 0.645. The van der Waals surface area contributed by atoms with Crippen LogP contribution in [-0.4, -0.2) is 22.3 Å². The third-order valence-corrected chi connectivity index (χ3v) is 4.38. The lowest BCUT2D eigenvalue weighted by Crippen LogP contribution is -2.37. The van der Waals surface area contributed by atoms with Gasteiger partial charge in [-0.3, -0.25) is 0 Å². The molecule has 0 aromatic carbocycles. The summed E-state index contributed by atoms with van der Waals surface area (Å²) < 4.78 is 0. The van der Waals surface area contributed by atoms with Gasteiger partial charge in [0.05, 0.1) is 0 Å². The molecule has 0 spiro atoms. The molecule has 1 aromatic rings. The normalized spacial score (nSPS) is 22.8. The molecule has 2 rings (SSSR count). The number of hydrogen-bond donors (Lipinski definition) is 1. The highest BCUT2D eigenvalue weighted by atomic mass is 32.1. The summed E-state index contributed by atoms with van der Waals surface area (Å²) in [6, 6.07) is 0. The molecule has 0 bridgehead atoms. The van der Waals surface area contributed by atoms with Crippen molar-refractivity contribution >= 4 is 11.3 Å². The minimum Gasteiger partial charge on any atom is -0.312 e. The maximum Gasteiger partial charge on any atom is 0.121 e. The average Bonchev–Trinajstić information content (AvgIpc) is 2.60. The lowest BCUT2D eigenvalue weighted by atomic mass is 10.1. The Hall–Kier alpha value is -0.480. The quantitative estimate of drug-likeness (QED) is 0.896. The van der Waals surface area contributed by atoms with Gasteiger partial charge in [0.25, 0.3) is 0 Å². The minimum atomic E-state index is 0.187. The predicted molar refractivity (Wildman–Crippen MR) is 72.5 cm³/mol. The first-order valence-corrected chi connectivity index (χ1v) is 7.17. The highest BCUT2D eigenvalue weighted by Crippen LogP contribution is 2.58. The Kier molecular flexibility index (Phi) is 3.29. The Morgan fingerprint density at radius 3 is 2.53 bits per heavy atom. The van der Waals surface area contributed by atoms with E-state index in [0.717, 1.165) is 13.0 Å². The molecule has 1 atom stereocenters. The van der Waals surface area contributed by atoms with Crippen molar-refractivity contribution in [2.45, 2.75) is 58.9 Å². The van der Waals surface area contributed by atoms with Crippen LogP contribution in [0.2, 0.25) is 0 Å². The molecule has 1 unspecified atom stereocenters. The largest absolute Gasteiger partial charge is 0.312 e. The second-order valence-corrected chi connectivity index (χ2v) is 7.80. The van der Waals surface area contributed by atoms with Gasteiger partial charge in [0.2, 0.25) is 0 Å². The van der Waals surface area contributed by atoms with Crippen molar-refractivity contribution in [1.29, 1.82) is 0 Å². The Balaban J connectivity index is 1.83. The Morgan fingerprint density at radius 2 is 2.00 bits per heavy atom. The van der Waals surface area contributed by atoms with E-state index in [9.17, 15) is 0 Å². The summed E-state index contributed by atoms with van der Waals surface area (Å²) in [7, 11) is 0. The molecule has 0 radical (unpaired) electrons. The van der Waals surface area contributed by atoms with E-state index in [4.69, 9.17) is 0 Å². The van der Waals surface area contributed by atoms with Crippen LogP contribution in [0.15, 0.2) is 0 Å². The minimum absolute atomic E-state index is 0.187. The van der Waals surface area contributed by atoms with E-state index < -0.39 is 0 Å². The zero-order chi connectivity index (χ0) is 12.7. The number of nitrogens with zero attached hydrogens (tertiary/aromatic N) is 2. The van der Waals surface area contributed by atoms with Crippen LogP contribution < -0.4 is 5.32 Å². The maximum absolute atomic E-state index is 4.33. The van der Waals surface area contributed by atoms with E-state index in [2.05, 4.69) is 50.1 Å². The van der Waals surface area contributed by atoms with E-state index >= 15 is 0 Å². The van der Waals surface area contributed by atoms with Crippen LogP contribution in [0.4, 0.5) is 0 Å². The molecule has 1 aliphatic rings. The molecule has 4 heteroatoms. The summed E-state index contributed by atoms with van der Waals surface area (Å²) in [4.78, 5) is 0. The van der Waals surface area contributed by atoms with Crippen molar-refractivity contribution in [3.8, 4) is 0 Å². The lowest BCUT2D eigenvalue weighted by Gasteiger charge is -2.19. The molecule has 17 heavy (non-hydrogen) atoms. The summed E-state index contributed by atoms with van der Waals surface area (Å²) in [6.07, 6.45) is 2.25. The number of nitrogens with one attached hydrogen (secondary N) is 1. The van der Waals surface area contributed by atoms with Crippen LogP contribution in [0.1, 0.15) is 57.0 Å². The highest BCUT2D eigenvalue weighted by molar-refractivity contribution is 7.11. The highest BCUT2D eigenvalue weighted by Gasteiger charge is 2.48. The molecule has 1 saturated carbocycles.